The second-order valence-corrected chi connectivity index (χ2v) is 11.7. The molecule has 206 valence electrons. The molecule has 0 aliphatic carbocycles. The summed E-state index contributed by atoms with van der Waals surface area (Å²) in [6.45, 7) is 4.03. The molecule has 5 nitrogen and oxygen atoms in total. The van der Waals surface area contributed by atoms with Crippen molar-refractivity contribution in [2.75, 3.05) is 0 Å². The number of amides is 1. The van der Waals surface area contributed by atoms with Gasteiger partial charge in [-0.1, -0.05) is 115 Å². The lowest BCUT2D eigenvalue weighted by molar-refractivity contribution is 0.0981. The molecule has 0 aliphatic rings. The van der Waals surface area contributed by atoms with Crippen molar-refractivity contribution in [3.63, 3.8) is 0 Å². The minimum atomic E-state index is -4.16. The van der Waals surface area contributed by atoms with Crippen molar-refractivity contribution in [2.24, 2.45) is 0 Å². The number of hydrogen-bond donors (Lipinski definition) is 2. The van der Waals surface area contributed by atoms with Crippen molar-refractivity contribution in [2.45, 2.75) is 30.8 Å². The van der Waals surface area contributed by atoms with Crippen LogP contribution in [0.5, 0.6) is 0 Å². The predicted octanol–water partition coefficient (Wildman–Crippen LogP) is 7.22. The molecule has 0 aliphatic heterocycles. The van der Waals surface area contributed by atoms with Gasteiger partial charge in [-0.25, -0.2) is 13.1 Å². The molecular formula is C35H32N2O3S. The molecule has 5 rings (SSSR count). The van der Waals surface area contributed by atoms with Crippen LogP contribution in [0.15, 0.2) is 138 Å². The highest BCUT2D eigenvalue weighted by molar-refractivity contribution is 7.90. The number of carbonyl (C=O) groups is 1. The quantitative estimate of drug-likeness (QED) is 0.200. The fourth-order valence-electron chi connectivity index (χ4n) is 5.01. The molecule has 0 heterocycles. The molecule has 5 aromatic rings. The minimum absolute atomic E-state index is 0.0252. The second-order valence-electron chi connectivity index (χ2n) is 10.0. The Balaban J connectivity index is 1.44. The largest absolute Gasteiger partial charge is 0.300 e. The highest BCUT2D eigenvalue weighted by atomic mass is 32.2. The number of nitrogens with one attached hydrogen (secondary N) is 2. The Morgan fingerprint density at radius 3 is 1.88 bits per heavy atom. The van der Waals surface area contributed by atoms with Crippen LogP contribution < -0.4 is 10.0 Å². The Labute approximate surface area is 242 Å². The Hall–Kier alpha value is -4.52. The van der Waals surface area contributed by atoms with Gasteiger partial charge in [0.25, 0.3) is 15.9 Å². The Morgan fingerprint density at radius 2 is 1.20 bits per heavy atom. The Morgan fingerprint density at radius 1 is 0.634 bits per heavy atom. The lowest BCUT2D eigenvalue weighted by Crippen LogP contribution is -2.31. The zero-order chi connectivity index (χ0) is 28.8. The summed E-state index contributed by atoms with van der Waals surface area (Å²) < 4.78 is 29.3. The minimum Gasteiger partial charge on any atom is -0.300 e. The van der Waals surface area contributed by atoms with Gasteiger partial charge >= 0.3 is 0 Å². The third-order valence-corrected chi connectivity index (χ3v) is 8.56. The lowest BCUT2D eigenvalue weighted by Gasteiger charge is -2.25. The first-order valence-corrected chi connectivity index (χ1v) is 15.0. The molecule has 5 aromatic carbocycles. The van der Waals surface area contributed by atoms with E-state index >= 15 is 0 Å². The van der Waals surface area contributed by atoms with Crippen molar-refractivity contribution in [3.05, 3.63) is 161 Å². The molecule has 0 aromatic heterocycles. The normalized spacial score (nSPS) is 12.8. The van der Waals surface area contributed by atoms with Gasteiger partial charge in [-0.15, -0.1) is 0 Å². The van der Waals surface area contributed by atoms with E-state index in [1.807, 2.05) is 85.8 Å². The predicted molar refractivity (Wildman–Crippen MR) is 164 cm³/mol. The van der Waals surface area contributed by atoms with Gasteiger partial charge < -0.3 is 0 Å². The summed E-state index contributed by atoms with van der Waals surface area (Å²) in [6.07, 6.45) is 0. The van der Waals surface area contributed by atoms with Crippen LogP contribution in [-0.4, -0.2) is 14.3 Å². The highest BCUT2D eigenvalue weighted by Crippen LogP contribution is 2.30. The van der Waals surface area contributed by atoms with E-state index in [4.69, 9.17) is 0 Å². The van der Waals surface area contributed by atoms with Gasteiger partial charge in [-0.3, -0.25) is 10.1 Å². The van der Waals surface area contributed by atoms with E-state index in [1.54, 1.807) is 36.4 Å². The summed E-state index contributed by atoms with van der Waals surface area (Å²) in [5.74, 6) is -0.686. The fourth-order valence-corrected chi connectivity index (χ4v) is 6.21. The molecule has 0 bridgehead atoms. The topological polar surface area (TPSA) is 75.3 Å². The average molecular weight is 561 g/mol. The van der Waals surface area contributed by atoms with Crippen LogP contribution in [-0.2, 0) is 10.0 Å². The highest BCUT2D eigenvalue weighted by Gasteiger charge is 2.24. The molecule has 1 unspecified atom stereocenters. The molecular weight excluding hydrogens is 528 g/mol. The fraction of sp³-hybridized carbons (Fsp3) is 0.114. The maximum Gasteiger partial charge on any atom is 0.265 e. The maximum atomic E-state index is 13.5. The molecule has 2 N–H and O–H groups in total. The van der Waals surface area contributed by atoms with Crippen molar-refractivity contribution < 1.29 is 13.2 Å². The molecule has 2 atom stereocenters. The van der Waals surface area contributed by atoms with E-state index in [9.17, 15) is 13.2 Å². The number of benzene rings is 5. The summed E-state index contributed by atoms with van der Waals surface area (Å²) >= 11 is 0. The Kier molecular flexibility index (Phi) is 8.43. The number of aryl methyl sites for hydroxylation is 1. The summed E-state index contributed by atoms with van der Waals surface area (Å²) in [4.78, 5) is 13.4. The molecule has 41 heavy (non-hydrogen) atoms. The van der Waals surface area contributed by atoms with E-state index in [1.165, 1.54) is 6.07 Å². The second kappa shape index (κ2) is 12.3. The van der Waals surface area contributed by atoms with E-state index in [0.717, 1.165) is 27.8 Å². The summed E-state index contributed by atoms with van der Waals surface area (Å²) in [7, 11) is -4.16. The molecule has 0 spiro atoms. The van der Waals surface area contributed by atoms with E-state index in [2.05, 4.69) is 29.1 Å². The van der Waals surface area contributed by atoms with Gasteiger partial charge in [0.2, 0.25) is 0 Å². The van der Waals surface area contributed by atoms with Crippen LogP contribution in [0.1, 0.15) is 51.6 Å². The number of sulfonamides is 1. The summed E-state index contributed by atoms with van der Waals surface area (Å²) in [5, 5.41) is 3.69. The lowest BCUT2D eigenvalue weighted by atomic mass is 9.95. The van der Waals surface area contributed by atoms with Crippen molar-refractivity contribution >= 4 is 15.9 Å². The number of hydrogen-bond acceptors (Lipinski definition) is 4. The van der Waals surface area contributed by atoms with E-state index in [-0.39, 0.29) is 22.5 Å². The van der Waals surface area contributed by atoms with Crippen LogP contribution in [0.25, 0.3) is 11.1 Å². The van der Waals surface area contributed by atoms with Gasteiger partial charge in [-0.05, 0) is 59.9 Å². The van der Waals surface area contributed by atoms with Gasteiger partial charge in [0.05, 0.1) is 10.9 Å². The van der Waals surface area contributed by atoms with Crippen LogP contribution >= 0.6 is 0 Å². The molecule has 0 saturated heterocycles. The van der Waals surface area contributed by atoms with Crippen molar-refractivity contribution in [1.82, 2.24) is 10.0 Å². The van der Waals surface area contributed by atoms with Gasteiger partial charge in [0.15, 0.2) is 0 Å². The smallest absolute Gasteiger partial charge is 0.265 e. The van der Waals surface area contributed by atoms with Crippen LogP contribution in [0.3, 0.4) is 0 Å². The zero-order valence-electron chi connectivity index (χ0n) is 23.0. The third kappa shape index (κ3) is 6.46. The molecule has 0 fully saturated rings. The monoisotopic (exact) mass is 560 g/mol. The van der Waals surface area contributed by atoms with Crippen LogP contribution in [0.4, 0.5) is 0 Å². The first-order chi connectivity index (χ1) is 19.8. The summed E-state index contributed by atoms with van der Waals surface area (Å²) in [5.41, 5.74) is 5.57. The van der Waals surface area contributed by atoms with E-state index < -0.39 is 15.9 Å². The van der Waals surface area contributed by atoms with Crippen LogP contribution in [0.2, 0.25) is 0 Å². The first-order valence-electron chi connectivity index (χ1n) is 13.5. The Bertz CT molecular complexity index is 1750. The SMILES string of the molecule is Cc1ccccc1-c1ccccc1S(=O)(=O)NC(=O)c1cccc(C(N[C@H](C)c2ccccc2)c2ccccc2)c1. The molecule has 0 radical (unpaired) electrons. The number of rotatable bonds is 9. The van der Waals surface area contributed by atoms with Crippen molar-refractivity contribution in [1.29, 1.82) is 0 Å². The molecule has 1 amide bonds. The number of carbonyl (C=O) groups excluding carboxylic acids is 1. The van der Waals surface area contributed by atoms with Crippen LogP contribution in [0, 0.1) is 6.92 Å². The third-order valence-electron chi connectivity index (χ3n) is 7.17. The average Bonchev–Trinajstić information content (AvgIpc) is 3.01. The molecule has 0 saturated carbocycles. The van der Waals surface area contributed by atoms with Crippen molar-refractivity contribution in [3.8, 4) is 11.1 Å². The maximum absolute atomic E-state index is 13.5. The first kappa shape index (κ1) is 28.0. The van der Waals surface area contributed by atoms with Gasteiger partial charge in [0, 0.05) is 17.2 Å². The van der Waals surface area contributed by atoms with E-state index in [0.29, 0.717) is 5.56 Å². The summed E-state index contributed by atoms with van der Waals surface area (Å²) in [6, 6.07) is 41.4. The zero-order valence-corrected chi connectivity index (χ0v) is 23.8. The van der Waals surface area contributed by atoms with Gasteiger partial charge in [-0.2, -0.15) is 0 Å². The molecule has 6 heteroatoms. The van der Waals surface area contributed by atoms with Gasteiger partial charge in [0.1, 0.15) is 0 Å². The standard InChI is InChI=1S/C35H32N2O3S/c1-25-14-9-10-21-31(25)32-22-11-12-23-33(32)41(39,40)37-35(38)30-20-13-19-29(24-30)34(28-17-7-4-8-18-28)36-26(2)27-15-5-3-6-16-27/h3-24,26,34,36H,1-2H3,(H,37,38)/t26-,34?/m1/s1.